The van der Waals surface area contributed by atoms with Gasteiger partial charge in [0.2, 0.25) is 5.95 Å². The van der Waals surface area contributed by atoms with E-state index in [4.69, 9.17) is 17.3 Å². The zero-order valence-corrected chi connectivity index (χ0v) is 16.5. The largest absolute Gasteiger partial charge is 0.368 e. The number of hydrogen-bond donors (Lipinski definition) is 3. The van der Waals surface area contributed by atoms with Crippen LogP contribution in [0.4, 0.5) is 11.6 Å². The molecular formula is C19H24ClN5O2. The minimum Gasteiger partial charge on any atom is -0.368 e. The second kappa shape index (κ2) is 9.32. The molecule has 144 valence electrons. The number of aryl methyl sites for hydroxylation is 1. The van der Waals surface area contributed by atoms with E-state index >= 15 is 0 Å². The number of nitrogens with two attached hydrogens (primary N) is 1. The van der Waals surface area contributed by atoms with Gasteiger partial charge in [0.15, 0.2) is 0 Å². The average Bonchev–Trinajstić information content (AvgIpc) is 2.66. The molecule has 0 radical (unpaired) electrons. The molecule has 0 fully saturated rings. The van der Waals surface area contributed by atoms with E-state index in [1.165, 1.54) is 6.20 Å². The number of nitrogen functional groups attached to an aromatic ring is 1. The topological polar surface area (TPSA) is 110 Å². The van der Waals surface area contributed by atoms with Gasteiger partial charge in [-0.1, -0.05) is 38.4 Å². The van der Waals surface area contributed by atoms with Gasteiger partial charge in [-0.15, -0.1) is 0 Å². The van der Waals surface area contributed by atoms with Gasteiger partial charge in [-0.05, 0) is 36.5 Å². The standard InChI is InChI=1S/C19H24ClN5O2/c1-4-9-22-18(27)16-13(10-23-19(21)25-16)17(26)24-15-11(5-2)7-8-14(20)12(15)6-3/h7-8,10H,4-6,9H2,1-3H3,(H,22,27)(H,24,26)(H2,21,23,25). The molecule has 1 aromatic heterocycles. The van der Waals surface area contributed by atoms with Gasteiger partial charge in [0.25, 0.3) is 11.8 Å². The number of rotatable bonds is 7. The molecule has 7 nitrogen and oxygen atoms in total. The van der Waals surface area contributed by atoms with Gasteiger partial charge in [0.1, 0.15) is 5.69 Å². The fourth-order valence-electron chi connectivity index (χ4n) is 2.70. The lowest BCUT2D eigenvalue weighted by atomic mass is 10.0. The monoisotopic (exact) mass is 389 g/mol. The van der Waals surface area contributed by atoms with Crippen molar-refractivity contribution in [3.8, 4) is 0 Å². The minimum atomic E-state index is -0.483. The van der Waals surface area contributed by atoms with Crippen LogP contribution in [0, 0.1) is 0 Å². The first-order valence-corrected chi connectivity index (χ1v) is 9.32. The maximum Gasteiger partial charge on any atom is 0.270 e. The summed E-state index contributed by atoms with van der Waals surface area (Å²) in [6, 6.07) is 3.70. The number of amides is 2. The highest BCUT2D eigenvalue weighted by atomic mass is 35.5. The van der Waals surface area contributed by atoms with Crippen molar-refractivity contribution in [1.82, 2.24) is 15.3 Å². The summed E-state index contributed by atoms with van der Waals surface area (Å²) in [5.41, 5.74) is 8.08. The first-order valence-electron chi connectivity index (χ1n) is 8.95. The summed E-state index contributed by atoms with van der Waals surface area (Å²) < 4.78 is 0. The van der Waals surface area contributed by atoms with E-state index in [1.807, 2.05) is 32.9 Å². The molecular weight excluding hydrogens is 366 g/mol. The van der Waals surface area contributed by atoms with Crippen molar-refractivity contribution in [2.75, 3.05) is 17.6 Å². The molecule has 2 aromatic rings. The number of nitrogens with zero attached hydrogens (tertiary/aromatic N) is 2. The minimum absolute atomic E-state index is 0.0495. The number of halogens is 1. The maximum absolute atomic E-state index is 12.9. The zero-order valence-electron chi connectivity index (χ0n) is 15.7. The summed E-state index contributed by atoms with van der Waals surface area (Å²) in [5.74, 6) is -1.02. The summed E-state index contributed by atoms with van der Waals surface area (Å²) in [4.78, 5) is 33.1. The van der Waals surface area contributed by atoms with Crippen LogP contribution in [-0.4, -0.2) is 28.3 Å². The van der Waals surface area contributed by atoms with Crippen molar-refractivity contribution in [1.29, 1.82) is 0 Å². The number of nitrogens with one attached hydrogen (secondary N) is 2. The lowest BCUT2D eigenvalue weighted by Gasteiger charge is -2.16. The first-order chi connectivity index (χ1) is 12.9. The number of aromatic nitrogens is 2. The Labute approximate surface area is 163 Å². The van der Waals surface area contributed by atoms with Crippen LogP contribution >= 0.6 is 11.6 Å². The molecule has 4 N–H and O–H groups in total. The predicted octanol–water partition coefficient (Wildman–Crippen LogP) is 3.23. The van der Waals surface area contributed by atoms with E-state index in [2.05, 4.69) is 20.6 Å². The van der Waals surface area contributed by atoms with E-state index in [1.54, 1.807) is 0 Å². The van der Waals surface area contributed by atoms with Crippen LogP contribution in [0.2, 0.25) is 5.02 Å². The second-order valence-corrected chi connectivity index (χ2v) is 6.37. The molecule has 0 saturated carbocycles. The smallest absolute Gasteiger partial charge is 0.270 e. The van der Waals surface area contributed by atoms with Crippen LogP contribution in [0.25, 0.3) is 0 Å². The fraction of sp³-hybridized carbons (Fsp3) is 0.368. The van der Waals surface area contributed by atoms with Crippen LogP contribution in [0.5, 0.6) is 0 Å². The van der Waals surface area contributed by atoms with E-state index < -0.39 is 11.8 Å². The second-order valence-electron chi connectivity index (χ2n) is 5.97. The molecule has 0 saturated heterocycles. The van der Waals surface area contributed by atoms with Gasteiger partial charge < -0.3 is 16.4 Å². The van der Waals surface area contributed by atoms with E-state index in [0.717, 1.165) is 24.0 Å². The summed E-state index contributed by atoms with van der Waals surface area (Å²) >= 11 is 6.29. The molecule has 8 heteroatoms. The average molecular weight is 390 g/mol. The van der Waals surface area contributed by atoms with Crippen molar-refractivity contribution in [2.45, 2.75) is 40.0 Å². The molecule has 0 aliphatic rings. The first kappa shape index (κ1) is 20.6. The third kappa shape index (κ3) is 4.74. The Bertz CT molecular complexity index is 854. The van der Waals surface area contributed by atoms with Crippen molar-refractivity contribution in [3.63, 3.8) is 0 Å². The van der Waals surface area contributed by atoms with Gasteiger partial charge in [-0.2, -0.15) is 0 Å². The SMILES string of the molecule is CCCNC(=O)c1nc(N)ncc1C(=O)Nc1c(CC)ccc(Cl)c1CC. The predicted molar refractivity (Wildman–Crippen MR) is 107 cm³/mol. The Balaban J connectivity index is 2.43. The van der Waals surface area contributed by atoms with Crippen molar-refractivity contribution >= 4 is 35.1 Å². The van der Waals surface area contributed by atoms with Crippen LogP contribution < -0.4 is 16.4 Å². The molecule has 0 unspecified atom stereocenters. The molecule has 27 heavy (non-hydrogen) atoms. The van der Waals surface area contributed by atoms with Gasteiger partial charge in [-0.25, -0.2) is 9.97 Å². The number of carbonyl (C=O) groups is 2. The molecule has 2 amide bonds. The number of anilines is 2. The van der Waals surface area contributed by atoms with Gasteiger partial charge in [0, 0.05) is 23.5 Å². The van der Waals surface area contributed by atoms with Crippen LogP contribution in [-0.2, 0) is 12.8 Å². The Morgan fingerprint density at radius 2 is 1.89 bits per heavy atom. The Morgan fingerprint density at radius 1 is 1.15 bits per heavy atom. The summed E-state index contributed by atoms with van der Waals surface area (Å²) in [5, 5.41) is 6.17. The van der Waals surface area contributed by atoms with E-state index in [9.17, 15) is 9.59 Å². The number of benzene rings is 1. The molecule has 0 atom stereocenters. The van der Waals surface area contributed by atoms with Gasteiger partial charge in [-0.3, -0.25) is 9.59 Å². The molecule has 0 aliphatic carbocycles. The Hall–Kier alpha value is -2.67. The third-order valence-electron chi connectivity index (χ3n) is 4.12. The highest BCUT2D eigenvalue weighted by molar-refractivity contribution is 6.32. The lowest BCUT2D eigenvalue weighted by molar-refractivity contribution is 0.0935. The molecule has 0 spiro atoms. The normalized spacial score (nSPS) is 10.5. The zero-order chi connectivity index (χ0) is 20.0. The molecule has 0 aliphatic heterocycles. The quantitative estimate of drug-likeness (QED) is 0.673. The highest BCUT2D eigenvalue weighted by Gasteiger charge is 2.22. The maximum atomic E-state index is 12.9. The van der Waals surface area contributed by atoms with Crippen LogP contribution in [0.3, 0.4) is 0 Å². The summed E-state index contributed by atoms with van der Waals surface area (Å²) in [6.45, 7) is 6.36. The highest BCUT2D eigenvalue weighted by Crippen LogP contribution is 2.30. The fourth-order valence-corrected chi connectivity index (χ4v) is 3.00. The summed E-state index contributed by atoms with van der Waals surface area (Å²) in [7, 11) is 0. The lowest BCUT2D eigenvalue weighted by Crippen LogP contribution is -2.29. The van der Waals surface area contributed by atoms with Crippen LogP contribution in [0.1, 0.15) is 59.2 Å². The Kier molecular flexibility index (Phi) is 7.12. The van der Waals surface area contributed by atoms with E-state index in [0.29, 0.717) is 23.7 Å². The third-order valence-corrected chi connectivity index (χ3v) is 4.47. The molecule has 1 aromatic carbocycles. The molecule has 1 heterocycles. The van der Waals surface area contributed by atoms with Crippen molar-refractivity contribution in [3.05, 3.63) is 45.7 Å². The molecule has 2 rings (SSSR count). The van der Waals surface area contributed by atoms with Gasteiger partial charge in [0.05, 0.1) is 5.56 Å². The number of hydrogen-bond acceptors (Lipinski definition) is 5. The van der Waals surface area contributed by atoms with E-state index in [-0.39, 0.29) is 17.2 Å². The Morgan fingerprint density at radius 3 is 2.52 bits per heavy atom. The molecule has 0 bridgehead atoms. The van der Waals surface area contributed by atoms with Crippen LogP contribution in [0.15, 0.2) is 18.3 Å². The number of carbonyl (C=O) groups excluding carboxylic acids is 2. The summed E-state index contributed by atoms with van der Waals surface area (Å²) in [6.07, 6.45) is 3.41. The van der Waals surface area contributed by atoms with Crippen molar-refractivity contribution in [2.24, 2.45) is 0 Å². The van der Waals surface area contributed by atoms with Gasteiger partial charge >= 0.3 is 0 Å². The van der Waals surface area contributed by atoms with Crippen molar-refractivity contribution < 1.29 is 9.59 Å².